The molecule has 2 aromatic carbocycles. The fourth-order valence-electron chi connectivity index (χ4n) is 1.93. The second-order valence-corrected chi connectivity index (χ2v) is 5.06. The summed E-state index contributed by atoms with van der Waals surface area (Å²) in [5.74, 6) is 1.58. The summed E-state index contributed by atoms with van der Waals surface area (Å²) in [6.07, 6.45) is 0. The first-order valence-electron chi connectivity index (χ1n) is 5.84. The zero-order valence-corrected chi connectivity index (χ0v) is 11.4. The Bertz CT molecular complexity index is 656. The highest BCUT2D eigenvalue weighted by Gasteiger charge is 2.07. The molecule has 1 aromatic heterocycles. The fraction of sp³-hybridized carbons (Fsp3) is 0. The molecule has 0 N–H and O–H groups in total. The van der Waals surface area contributed by atoms with Crippen LogP contribution < -0.4 is 0 Å². The summed E-state index contributed by atoms with van der Waals surface area (Å²) in [6, 6.07) is 19.0. The molecular weight excluding hydrogens is 279 g/mol. The Hall–Kier alpha value is -1.70. The Morgan fingerprint density at radius 3 is 1.53 bits per heavy atom. The van der Waals surface area contributed by atoms with Gasteiger partial charge in [0.2, 0.25) is 0 Å². The molecule has 0 radical (unpaired) electrons. The van der Waals surface area contributed by atoms with E-state index in [1.807, 2.05) is 60.7 Å². The average molecular weight is 289 g/mol. The molecule has 3 heteroatoms. The molecule has 19 heavy (non-hydrogen) atoms. The number of benzene rings is 2. The van der Waals surface area contributed by atoms with E-state index in [-0.39, 0.29) is 0 Å². The molecule has 0 atom stereocenters. The van der Waals surface area contributed by atoms with Gasteiger partial charge in [-0.15, -0.1) is 0 Å². The van der Waals surface area contributed by atoms with E-state index in [9.17, 15) is 0 Å². The molecule has 0 saturated heterocycles. The summed E-state index contributed by atoms with van der Waals surface area (Å²) >= 11 is 12.0. The molecule has 94 valence electrons. The van der Waals surface area contributed by atoms with Crippen LogP contribution in [-0.2, 0) is 0 Å². The van der Waals surface area contributed by atoms with Crippen LogP contribution in [0.1, 0.15) is 0 Å². The number of furan rings is 1. The van der Waals surface area contributed by atoms with E-state index in [1.54, 1.807) is 0 Å². The van der Waals surface area contributed by atoms with Crippen molar-refractivity contribution in [1.82, 2.24) is 0 Å². The van der Waals surface area contributed by atoms with E-state index < -0.39 is 0 Å². The maximum absolute atomic E-state index is 5.98. The van der Waals surface area contributed by atoms with Gasteiger partial charge in [-0.05, 0) is 36.4 Å². The van der Waals surface area contributed by atoms with Gasteiger partial charge >= 0.3 is 0 Å². The van der Waals surface area contributed by atoms with Crippen molar-refractivity contribution in [1.29, 1.82) is 0 Å². The van der Waals surface area contributed by atoms with Crippen molar-refractivity contribution >= 4 is 23.2 Å². The molecule has 0 unspecified atom stereocenters. The largest absolute Gasteiger partial charge is 0.456 e. The molecule has 1 nitrogen and oxygen atoms in total. The lowest BCUT2D eigenvalue weighted by atomic mass is 10.1. The Balaban J connectivity index is 2.00. The summed E-state index contributed by atoms with van der Waals surface area (Å²) in [7, 11) is 0. The van der Waals surface area contributed by atoms with Crippen LogP contribution in [0.25, 0.3) is 22.6 Å². The first-order valence-corrected chi connectivity index (χ1v) is 6.60. The monoisotopic (exact) mass is 288 g/mol. The van der Waals surface area contributed by atoms with Crippen LogP contribution in [0.5, 0.6) is 0 Å². The zero-order valence-electron chi connectivity index (χ0n) is 9.94. The highest BCUT2D eigenvalue weighted by Crippen LogP contribution is 2.30. The predicted octanol–water partition coefficient (Wildman–Crippen LogP) is 5.92. The highest BCUT2D eigenvalue weighted by atomic mass is 35.5. The van der Waals surface area contributed by atoms with E-state index in [1.165, 1.54) is 0 Å². The highest BCUT2D eigenvalue weighted by molar-refractivity contribution is 6.31. The quantitative estimate of drug-likeness (QED) is 0.570. The molecule has 3 aromatic rings. The Morgan fingerprint density at radius 2 is 1.11 bits per heavy atom. The lowest BCUT2D eigenvalue weighted by molar-refractivity contribution is 0.597. The topological polar surface area (TPSA) is 13.1 Å². The fourth-order valence-corrected chi connectivity index (χ4v) is 2.31. The van der Waals surface area contributed by atoms with Crippen molar-refractivity contribution in [2.75, 3.05) is 0 Å². The van der Waals surface area contributed by atoms with Gasteiger partial charge in [0, 0.05) is 21.2 Å². The van der Waals surface area contributed by atoms with Crippen LogP contribution in [0.15, 0.2) is 65.1 Å². The van der Waals surface area contributed by atoms with Crippen LogP contribution in [0.2, 0.25) is 10.0 Å². The van der Waals surface area contributed by atoms with Gasteiger partial charge in [0.05, 0.1) is 0 Å². The number of halogens is 2. The Kier molecular flexibility index (Phi) is 3.33. The zero-order chi connectivity index (χ0) is 13.2. The normalized spacial score (nSPS) is 10.6. The van der Waals surface area contributed by atoms with E-state index in [4.69, 9.17) is 27.6 Å². The molecule has 0 spiro atoms. The van der Waals surface area contributed by atoms with Gasteiger partial charge in [0.15, 0.2) is 0 Å². The molecule has 1 heterocycles. The van der Waals surface area contributed by atoms with E-state index >= 15 is 0 Å². The van der Waals surface area contributed by atoms with Crippen molar-refractivity contribution in [2.24, 2.45) is 0 Å². The van der Waals surface area contributed by atoms with Gasteiger partial charge in [0.1, 0.15) is 11.5 Å². The second kappa shape index (κ2) is 5.12. The lowest BCUT2D eigenvalue weighted by Gasteiger charge is -1.99. The van der Waals surface area contributed by atoms with Crippen LogP contribution in [-0.4, -0.2) is 0 Å². The van der Waals surface area contributed by atoms with Gasteiger partial charge in [-0.3, -0.25) is 0 Å². The number of hydrogen-bond donors (Lipinski definition) is 0. The van der Waals surface area contributed by atoms with E-state index in [0.29, 0.717) is 10.0 Å². The maximum atomic E-state index is 5.98. The van der Waals surface area contributed by atoms with Crippen LogP contribution in [0, 0.1) is 0 Å². The molecule has 0 fully saturated rings. The van der Waals surface area contributed by atoms with Crippen LogP contribution >= 0.6 is 23.2 Å². The van der Waals surface area contributed by atoms with Crippen LogP contribution in [0.4, 0.5) is 0 Å². The van der Waals surface area contributed by atoms with Gasteiger partial charge < -0.3 is 4.42 Å². The van der Waals surface area contributed by atoms with Crippen molar-refractivity contribution in [3.8, 4) is 22.6 Å². The predicted molar refractivity (Wildman–Crippen MR) is 79.6 cm³/mol. The van der Waals surface area contributed by atoms with Crippen molar-refractivity contribution in [3.05, 3.63) is 70.7 Å². The molecule has 0 aliphatic heterocycles. The van der Waals surface area contributed by atoms with Gasteiger partial charge in [-0.25, -0.2) is 0 Å². The average Bonchev–Trinajstić information content (AvgIpc) is 2.88. The third kappa shape index (κ3) is 2.67. The summed E-state index contributed by atoms with van der Waals surface area (Å²) in [4.78, 5) is 0. The van der Waals surface area contributed by atoms with Crippen LogP contribution in [0.3, 0.4) is 0 Å². The summed E-state index contributed by atoms with van der Waals surface area (Å²) in [6.45, 7) is 0. The molecule has 0 bridgehead atoms. The standard InChI is InChI=1S/C16H10Cl2O/c17-13-5-1-3-11(9-13)15-7-8-16(19-15)12-4-2-6-14(18)10-12/h1-10H. The summed E-state index contributed by atoms with van der Waals surface area (Å²) < 4.78 is 5.85. The molecule has 3 rings (SSSR count). The smallest absolute Gasteiger partial charge is 0.134 e. The van der Waals surface area contributed by atoms with Gasteiger partial charge in [0.25, 0.3) is 0 Å². The summed E-state index contributed by atoms with van der Waals surface area (Å²) in [5, 5.41) is 1.39. The third-order valence-corrected chi connectivity index (χ3v) is 3.29. The maximum Gasteiger partial charge on any atom is 0.134 e. The first kappa shape index (κ1) is 12.3. The minimum atomic E-state index is 0.693. The molecule has 0 saturated carbocycles. The van der Waals surface area contributed by atoms with Gasteiger partial charge in [-0.1, -0.05) is 47.5 Å². The second-order valence-electron chi connectivity index (χ2n) is 4.18. The number of rotatable bonds is 2. The minimum Gasteiger partial charge on any atom is -0.456 e. The van der Waals surface area contributed by atoms with Crippen molar-refractivity contribution in [2.45, 2.75) is 0 Å². The molecule has 0 aliphatic carbocycles. The summed E-state index contributed by atoms with van der Waals surface area (Å²) in [5.41, 5.74) is 1.92. The molecule has 0 aliphatic rings. The number of hydrogen-bond acceptors (Lipinski definition) is 1. The van der Waals surface area contributed by atoms with E-state index in [2.05, 4.69) is 0 Å². The third-order valence-electron chi connectivity index (χ3n) is 2.82. The first-order chi connectivity index (χ1) is 9.22. The minimum absolute atomic E-state index is 0.693. The van der Waals surface area contributed by atoms with Crippen molar-refractivity contribution in [3.63, 3.8) is 0 Å². The molecular formula is C16H10Cl2O. The molecule has 0 amide bonds. The lowest BCUT2D eigenvalue weighted by Crippen LogP contribution is -1.74. The van der Waals surface area contributed by atoms with Gasteiger partial charge in [-0.2, -0.15) is 0 Å². The SMILES string of the molecule is Clc1cccc(-c2ccc(-c3cccc(Cl)c3)o2)c1. The van der Waals surface area contributed by atoms with Crippen molar-refractivity contribution < 1.29 is 4.42 Å². The Labute approximate surface area is 121 Å². The van der Waals surface area contributed by atoms with E-state index in [0.717, 1.165) is 22.6 Å². The Morgan fingerprint density at radius 1 is 0.632 bits per heavy atom.